The number of nitrogens with zero attached hydrogens (tertiary/aromatic N) is 3. The summed E-state index contributed by atoms with van der Waals surface area (Å²) in [4.78, 5) is 41.8. The van der Waals surface area contributed by atoms with E-state index in [0.29, 0.717) is 116 Å². The first-order valence-corrected chi connectivity index (χ1v) is 41.0. The molecule has 31 nitrogen and oxygen atoms in total. The van der Waals surface area contributed by atoms with Crippen LogP contribution in [0, 0.1) is 0 Å². The van der Waals surface area contributed by atoms with Gasteiger partial charge in [-0.15, -0.1) is 5.06 Å². The first-order valence-electron chi connectivity index (χ1n) is 33.2. The smallest absolute Gasteiger partial charge is 0.333 e. The SMILES string of the molecule is COCCOCCOCCOCCOCC[N+]1=C(/C=C/C2=C(Cl)C(=C/C=C3/N(CCCC(=O)ON4C(=O)CCC4=O)c4ccc5c(S(=O)(=O)O)cc(S(=O)(=O)O)cc5c4C3(C)CCOCCOCCOCCOC)/CCC2)C(C)(CCCS(=O)(=O)O)c2c1ccc1c(S(=O)(=O)O)cc(S(=O)(=O)O)cc21. The van der Waals surface area contributed by atoms with Crippen LogP contribution in [0.25, 0.3) is 21.5 Å². The number of carbonyl (C=O) groups is 3. The lowest BCUT2D eigenvalue weighted by Crippen LogP contribution is -2.33. The van der Waals surface area contributed by atoms with Gasteiger partial charge in [0, 0.05) is 96.9 Å². The zero-order valence-corrected chi connectivity index (χ0v) is 62.7. The van der Waals surface area contributed by atoms with E-state index in [2.05, 4.69) is 0 Å². The summed E-state index contributed by atoms with van der Waals surface area (Å²) in [6.07, 6.45) is 7.33. The zero-order valence-electron chi connectivity index (χ0n) is 57.8. The molecular weight excluding hydrogens is 1490 g/mol. The summed E-state index contributed by atoms with van der Waals surface area (Å²) < 4.78 is 233. The van der Waals surface area contributed by atoms with Crippen LogP contribution in [-0.2, 0) is 123 Å². The Balaban J connectivity index is 1.23. The number of allylic oxidation sites excluding steroid dienone is 8. The van der Waals surface area contributed by atoms with E-state index in [1.165, 1.54) is 12.1 Å². The van der Waals surface area contributed by atoms with Gasteiger partial charge >= 0.3 is 5.97 Å². The number of hydrogen-bond acceptors (Lipinski definition) is 24. The fraction of sp³-hybridized carbons (Fsp3) is 0.522. The number of benzene rings is 4. The Bertz CT molecular complexity index is 4580. The number of rotatable bonds is 43. The van der Waals surface area contributed by atoms with Crippen molar-refractivity contribution in [2.45, 2.75) is 108 Å². The van der Waals surface area contributed by atoms with E-state index in [1.54, 1.807) is 69.4 Å². The van der Waals surface area contributed by atoms with Gasteiger partial charge in [0.25, 0.3) is 62.4 Å². The lowest BCUT2D eigenvalue weighted by molar-refractivity contribution is -0.442. The third kappa shape index (κ3) is 21.4. The van der Waals surface area contributed by atoms with E-state index in [-0.39, 0.29) is 156 Å². The number of hydrogen-bond donors (Lipinski definition) is 5. The van der Waals surface area contributed by atoms with Crippen LogP contribution in [-0.4, -0.2) is 237 Å². The Morgan fingerprint density at radius 1 is 0.548 bits per heavy atom. The Hall–Kier alpha value is -6.08. The molecule has 2 unspecified atom stereocenters. The number of imide groups is 1. The maximum Gasteiger partial charge on any atom is 0.333 e. The maximum absolute atomic E-state index is 13.4. The van der Waals surface area contributed by atoms with Crippen LogP contribution in [0.2, 0.25) is 0 Å². The molecule has 2 amide bonds. The molecule has 8 rings (SSSR count). The summed E-state index contributed by atoms with van der Waals surface area (Å²) >= 11 is 7.52. The number of hydroxylamine groups is 2. The Morgan fingerprint density at radius 2 is 1.04 bits per heavy atom. The maximum atomic E-state index is 13.4. The van der Waals surface area contributed by atoms with Gasteiger partial charge in [-0.1, -0.05) is 29.8 Å². The number of anilines is 1. The highest BCUT2D eigenvalue weighted by molar-refractivity contribution is 7.87. The van der Waals surface area contributed by atoms with Crippen LogP contribution in [0.4, 0.5) is 11.4 Å². The fourth-order valence-electron chi connectivity index (χ4n) is 13.1. The summed E-state index contributed by atoms with van der Waals surface area (Å²) in [6.45, 7) is 7.40. The van der Waals surface area contributed by atoms with Crippen molar-refractivity contribution in [3.05, 3.63) is 106 Å². The molecule has 1 saturated heterocycles. The second kappa shape index (κ2) is 36.7. The van der Waals surface area contributed by atoms with Gasteiger partial charge in [0.05, 0.1) is 113 Å². The normalized spacial score (nSPS) is 19.2. The first kappa shape index (κ1) is 83.6. The van der Waals surface area contributed by atoms with Crippen LogP contribution in [0.15, 0.2) is 114 Å². The molecule has 3 heterocycles. The molecule has 1 fully saturated rings. The predicted octanol–water partition coefficient (Wildman–Crippen LogP) is 7.01. The number of halogens is 1. The van der Waals surface area contributed by atoms with Crippen LogP contribution in [0.1, 0.15) is 89.2 Å². The minimum atomic E-state index is -5.20. The molecule has 3 aliphatic heterocycles. The largest absolute Gasteiger partial charge is 0.382 e. The van der Waals surface area contributed by atoms with E-state index >= 15 is 0 Å². The second-order valence-corrected chi connectivity index (χ2v) is 32.6. The van der Waals surface area contributed by atoms with E-state index in [0.717, 1.165) is 12.1 Å². The van der Waals surface area contributed by atoms with Gasteiger partial charge < -0.3 is 52.4 Å². The molecule has 5 N–H and O–H groups in total. The van der Waals surface area contributed by atoms with E-state index in [9.17, 15) is 79.2 Å². The molecular formula is C67H87ClN3O28S5+. The zero-order chi connectivity index (χ0) is 75.8. The third-order valence-electron chi connectivity index (χ3n) is 18.0. The summed E-state index contributed by atoms with van der Waals surface area (Å²) in [6, 6.07) is 9.20. The van der Waals surface area contributed by atoms with Crippen molar-refractivity contribution in [3.8, 4) is 0 Å². The minimum Gasteiger partial charge on any atom is -0.382 e. The number of amides is 2. The molecule has 4 aromatic carbocycles. The van der Waals surface area contributed by atoms with Gasteiger partial charge in [-0.05, 0) is 129 Å². The second-order valence-electron chi connectivity index (χ2n) is 25.0. The quantitative estimate of drug-likeness (QED) is 0.0129. The molecule has 0 bridgehead atoms. The first-order chi connectivity index (χ1) is 49.1. The van der Waals surface area contributed by atoms with Gasteiger partial charge in [0.2, 0.25) is 5.69 Å². The van der Waals surface area contributed by atoms with E-state index in [4.69, 9.17) is 59.1 Å². The lowest BCUT2D eigenvalue weighted by Gasteiger charge is -2.31. The molecule has 0 saturated carbocycles. The molecule has 37 heteroatoms. The van der Waals surface area contributed by atoms with Crippen molar-refractivity contribution in [1.82, 2.24) is 5.06 Å². The molecule has 4 aromatic rings. The van der Waals surface area contributed by atoms with Crippen LogP contribution < -0.4 is 4.90 Å². The van der Waals surface area contributed by atoms with Crippen molar-refractivity contribution < 1.29 is 131 Å². The Labute approximate surface area is 609 Å². The summed E-state index contributed by atoms with van der Waals surface area (Å²) in [5.74, 6) is -3.03. The summed E-state index contributed by atoms with van der Waals surface area (Å²) in [5.41, 5.74) is 0.611. The molecule has 1 aliphatic carbocycles. The fourth-order valence-corrected chi connectivity index (χ4v) is 16.6. The van der Waals surface area contributed by atoms with Crippen LogP contribution in [0.3, 0.4) is 0 Å². The van der Waals surface area contributed by atoms with Gasteiger partial charge in [0.1, 0.15) is 16.4 Å². The van der Waals surface area contributed by atoms with Crippen LogP contribution in [0.5, 0.6) is 0 Å². The predicted molar refractivity (Wildman–Crippen MR) is 377 cm³/mol. The lowest BCUT2D eigenvalue weighted by atomic mass is 9.74. The monoisotopic (exact) mass is 1580 g/mol. The number of methoxy groups -OCH3 is 2. The molecule has 0 aromatic heterocycles. The van der Waals surface area contributed by atoms with E-state index < -0.39 is 105 Å². The molecule has 4 aliphatic rings. The molecule has 104 heavy (non-hydrogen) atoms. The molecule has 2 atom stereocenters. The topological polar surface area (TPSA) is 425 Å². The molecule has 574 valence electrons. The van der Waals surface area contributed by atoms with E-state index in [1.807, 2.05) is 4.58 Å². The average Bonchev–Trinajstić information content (AvgIpc) is 1.54. The minimum absolute atomic E-state index is 0.00586. The van der Waals surface area contributed by atoms with Crippen molar-refractivity contribution in [2.75, 3.05) is 144 Å². The highest BCUT2D eigenvalue weighted by atomic mass is 35.5. The summed E-state index contributed by atoms with van der Waals surface area (Å²) in [5, 5.41) is 0.356. The van der Waals surface area contributed by atoms with Gasteiger partial charge in [0.15, 0.2) is 12.3 Å². The van der Waals surface area contributed by atoms with Crippen molar-refractivity contribution in [1.29, 1.82) is 0 Å². The van der Waals surface area contributed by atoms with Crippen LogP contribution >= 0.6 is 11.6 Å². The highest BCUT2D eigenvalue weighted by Gasteiger charge is 2.50. The Kier molecular flexibility index (Phi) is 29.5. The Morgan fingerprint density at radius 3 is 1.54 bits per heavy atom. The summed E-state index contributed by atoms with van der Waals surface area (Å²) in [7, 11) is -22.2. The van der Waals surface area contributed by atoms with Gasteiger partial charge in [-0.25, -0.2) is 4.79 Å². The number of fused-ring (bicyclic) bond motifs is 6. The standard InChI is InChI=1S/C67H86ClN3O28S5/c1-66(21-7-41-100(75,76)77)58(70(24-26-93-32-34-97-39-40-98-38-36-95-30-28-91-4)55-16-14-50-52(63(55)66)42-48(101(78,79)80)44-56(50)103(84,85)86)17-11-46-8-5-9-47(65(46)68)12-18-59-67(2,22-25-92-31-33-96-37-35-94-29-27-90-3)64-53-43-49(102(81,82)83)45-57(104(87,88)89)51(53)13-15-54(64)69(59)23-6-10-62(74)99-71-60(72)19-20-61(71)73/h11-18,42-45H,5-10,19-41H2,1-4H3,(H4-,75,76,77,78,79,80,81,82,83,84,85,86,87,88,89)/p+1. The van der Waals surface area contributed by atoms with Crippen molar-refractivity contribution in [2.24, 2.45) is 0 Å². The third-order valence-corrected chi connectivity index (χ3v) is 22.7. The number of carbonyl (C=O) groups excluding carboxylic acids is 3. The number of ether oxygens (including phenoxy) is 9. The highest BCUT2D eigenvalue weighted by Crippen LogP contribution is 2.55. The molecule has 0 radical (unpaired) electrons. The molecule has 0 spiro atoms. The van der Waals surface area contributed by atoms with Crippen molar-refractivity contribution in [3.63, 3.8) is 0 Å². The van der Waals surface area contributed by atoms with Gasteiger partial charge in [-0.2, -0.15) is 46.7 Å². The van der Waals surface area contributed by atoms with Gasteiger partial charge in [-0.3, -0.25) is 32.4 Å². The average molecular weight is 1580 g/mol. The van der Waals surface area contributed by atoms with Crippen molar-refractivity contribution >= 4 is 119 Å².